The fourth-order valence-corrected chi connectivity index (χ4v) is 2.71. The number of aromatic nitrogens is 3. The van der Waals surface area contributed by atoms with Crippen molar-refractivity contribution in [3.05, 3.63) is 53.7 Å². The Labute approximate surface area is 167 Å². The smallest absolute Gasteiger partial charge is 0.274 e. The summed E-state index contributed by atoms with van der Waals surface area (Å²) >= 11 is 0. The van der Waals surface area contributed by atoms with Gasteiger partial charge in [-0.15, -0.1) is 0 Å². The molecule has 0 bridgehead atoms. The van der Waals surface area contributed by atoms with E-state index in [0.29, 0.717) is 43.3 Å². The molecule has 2 aromatic rings. The van der Waals surface area contributed by atoms with Crippen LogP contribution in [0.4, 0.5) is 0 Å². The summed E-state index contributed by atoms with van der Waals surface area (Å²) in [5.41, 5.74) is 13.5. The van der Waals surface area contributed by atoms with E-state index in [-0.39, 0.29) is 23.3 Å². The number of hydrogen-bond donors (Lipinski definition) is 2. The number of nitrogens with two attached hydrogens (primary N) is 2. The molecule has 0 atom stereocenters. The van der Waals surface area contributed by atoms with Crippen molar-refractivity contribution in [3.63, 3.8) is 0 Å². The molecule has 2 aromatic heterocycles. The number of morpholine rings is 1. The standard InChI is InChI=1S/C19H21N7O3/c1-28-18(22)5-4-17(21)26-16(14-3-2-13(11-20)12-23-14)10-15(24-26)19(27)25-6-8-29-9-7-25/h2-5,10,12H,6-9,21-22H2,1H3/b17-4+,18-5+. The van der Waals surface area contributed by atoms with Gasteiger partial charge in [0.1, 0.15) is 11.9 Å². The first-order chi connectivity index (χ1) is 14.0. The Morgan fingerprint density at radius 1 is 1.31 bits per heavy atom. The van der Waals surface area contributed by atoms with E-state index >= 15 is 0 Å². The van der Waals surface area contributed by atoms with Gasteiger partial charge in [-0.3, -0.25) is 9.78 Å². The van der Waals surface area contributed by atoms with Crippen molar-refractivity contribution in [2.75, 3.05) is 33.4 Å². The van der Waals surface area contributed by atoms with Gasteiger partial charge in [-0.25, -0.2) is 4.68 Å². The number of hydrogen-bond acceptors (Lipinski definition) is 8. The highest BCUT2D eigenvalue weighted by atomic mass is 16.5. The van der Waals surface area contributed by atoms with E-state index in [1.165, 1.54) is 30.1 Å². The highest BCUT2D eigenvalue weighted by molar-refractivity contribution is 5.93. The van der Waals surface area contributed by atoms with Gasteiger partial charge in [0.15, 0.2) is 11.6 Å². The molecule has 0 aliphatic carbocycles. The number of pyridine rings is 1. The summed E-state index contributed by atoms with van der Waals surface area (Å²) in [6, 6.07) is 6.94. The summed E-state index contributed by atoms with van der Waals surface area (Å²) in [5, 5.41) is 13.4. The van der Waals surface area contributed by atoms with Crippen molar-refractivity contribution in [1.29, 1.82) is 5.26 Å². The molecule has 29 heavy (non-hydrogen) atoms. The lowest BCUT2D eigenvalue weighted by Crippen LogP contribution is -2.40. The fraction of sp³-hybridized carbons (Fsp3) is 0.263. The lowest BCUT2D eigenvalue weighted by Gasteiger charge is -2.25. The van der Waals surface area contributed by atoms with Gasteiger partial charge in [0, 0.05) is 25.4 Å². The van der Waals surface area contributed by atoms with Crippen molar-refractivity contribution in [2.45, 2.75) is 0 Å². The van der Waals surface area contributed by atoms with Gasteiger partial charge < -0.3 is 25.8 Å². The molecule has 0 unspecified atom stereocenters. The first-order valence-corrected chi connectivity index (χ1v) is 8.84. The second kappa shape index (κ2) is 8.90. The van der Waals surface area contributed by atoms with Gasteiger partial charge in [0.05, 0.1) is 37.3 Å². The highest BCUT2D eigenvalue weighted by Crippen LogP contribution is 2.22. The van der Waals surface area contributed by atoms with E-state index in [0.717, 1.165) is 0 Å². The molecular formula is C19H21N7O3. The molecule has 4 N–H and O–H groups in total. The van der Waals surface area contributed by atoms with Crippen LogP contribution in [-0.4, -0.2) is 59.0 Å². The van der Waals surface area contributed by atoms with Gasteiger partial charge in [-0.05, 0) is 24.3 Å². The minimum atomic E-state index is -0.221. The largest absolute Gasteiger partial charge is 0.483 e. The third-order valence-electron chi connectivity index (χ3n) is 4.28. The van der Waals surface area contributed by atoms with Crippen LogP contribution < -0.4 is 11.5 Å². The minimum absolute atomic E-state index is 0.169. The zero-order chi connectivity index (χ0) is 20.8. The van der Waals surface area contributed by atoms with Crippen LogP contribution in [0.5, 0.6) is 0 Å². The predicted octanol–water partition coefficient (Wildman–Crippen LogP) is 0.493. The maximum atomic E-state index is 12.9. The first kappa shape index (κ1) is 19.9. The van der Waals surface area contributed by atoms with E-state index in [9.17, 15) is 4.79 Å². The Morgan fingerprint density at radius 2 is 2.07 bits per heavy atom. The Bertz CT molecular complexity index is 980. The molecule has 0 spiro atoms. The van der Waals surface area contributed by atoms with E-state index in [1.807, 2.05) is 6.07 Å². The number of ether oxygens (including phenoxy) is 2. The predicted molar refractivity (Wildman–Crippen MR) is 105 cm³/mol. The van der Waals surface area contributed by atoms with Gasteiger partial charge in [-0.1, -0.05) is 0 Å². The highest BCUT2D eigenvalue weighted by Gasteiger charge is 2.23. The number of rotatable bonds is 5. The topological polar surface area (TPSA) is 145 Å². The Balaban J connectivity index is 2.02. The van der Waals surface area contributed by atoms with Crippen molar-refractivity contribution in [1.82, 2.24) is 19.7 Å². The Kier molecular flexibility index (Phi) is 6.11. The molecule has 1 fully saturated rings. The average molecular weight is 395 g/mol. The van der Waals surface area contributed by atoms with Crippen LogP contribution in [0.3, 0.4) is 0 Å². The molecule has 0 radical (unpaired) electrons. The molecule has 150 valence electrons. The zero-order valence-corrected chi connectivity index (χ0v) is 15.9. The molecule has 10 heteroatoms. The fourth-order valence-electron chi connectivity index (χ4n) is 2.71. The maximum absolute atomic E-state index is 12.9. The summed E-state index contributed by atoms with van der Waals surface area (Å²) in [6.07, 6.45) is 4.44. The minimum Gasteiger partial charge on any atom is -0.483 e. The number of carbonyl (C=O) groups excluding carboxylic acids is 1. The average Bonchev–Trinajstić information content (AvgIpc) is 3.22. The number of carbonyl (C=O) groups is 1. The molecule has 0 aromatic carbocycles. The third kappa shape index (κ3) is 4.53. The molecular weight excluding hydrogens is 374 g/mol. The lowest BCUT2D eigenvalue weighted by atomic mass is 10.2. The SMILES string of the molecule is CO/C(N)=C/C=C(\N)n1nc(C(=O)N2CCOCC2)cc1-c1ccc(C#N)cn1. The van der Waals surface area contributed by atoms with Gasteiger partial charge in [0.25, 0.3) is 5.91 Å². The van der Waals surface area contributed by atoms with Gasteiger partial charge >= 0.3 is 0 Å². The lowest BCUT2D eigenvalue weighted by molar-refractivity contribution is 0.0298. The van der Waals surface area contributed by atoms with E-state index in [1.54, 1.807) is 23.1 Å². The summed E-state index contributed by atoms with van der Waals surface area (Å²) in [5.74, 6) is 0.164. The van der Waals surface area contributed by atoms with Crippen molar-refractivity contribution >= 4 is 11.7 Å². The van der Waals surface area contributed by atoms with E-state index in [2.05, 4.69) is 10.1 Å². The summed E-state index contributed by atoms with van der Waals surface area (Å²) in [6.45, 7) is 1.96. The van der Waals surface area contributed by atoms with Crippen LogP contribution in [0.1, 0.15) is 16.1 Å². The molecule has 1 saturated heterocycles. The first-order valence-electron chi connectivity index (χ1n) is 8.84. The summed E-state index contributed by atoms with van der Waals surface area (Å²) in [7, 11) is 1.44. The normalized spacial score (nSPS) is 15.1. The second-order valence-electron chi connectivity index (χ2n) is 6.14. The molecule has 1 amide bonds. The van der Waals surface area contributed by atoms with Crippen LogP contribution in [0.15, 0.2) is 42.4 Å². The Morgan fingerprint density at radius 3 is 2.69 bits per heavy atom. The van der Waals surface area contributed by atoms with E-state index in [4.69, 9.17) is 26.2 Å². The monoisotopic (exact) mass is 395 g/mol. The van der Waals surface area contributed by atoms with Gasteiger partial charge in [0.2, 0.25) is 0 Å². The van der Waals surface area contributed by atoms with Crippen LogP contribution in [0.25, 0.3) is 17.2 Å². The van der Waals surface area contributed by atoms with Crippen LogP contribution >= 0.6 is 0 Å². The molecule has 1 aliphatic heterocycles. The summed E-state index contributed by atoms with van der Waals surface area (Å²) in [4.78, 5) is 18.8. The van der Waals surface area contributed by atoms with Crippen molar-refractivity contribution in [2.24, 2.45) is 11.5 Å². The molecule has 0 saturated carbocycles. The summed E-state index contributed by atoms with van der Waals surface area (Å²) < 4.78 is 11.6. The Hall–Kier alpha value is -3.84. The maximum Gasteiger partial charge on any atom is 0.274 e. The number of nitrogens with zero attached hydrogens (tertiary/aromatic N) is 5. The zero-order valence-electron chi connectivity index (χ0n) is 15.9. The van der Waals surface area contributed by atoms with Gasteiger partial charge in [-0.2, -0.15) is 10.4 Å². The molecule has 1 aliphatic rings. The number of amides is 1. The molecule has 3 rings (SSSR count). The number of methoxy groups -OCH3 is 1. The van der Waals surface area contributed by atoms with E-state index < -0.39 is 0 Å². The quantitative estimate of drug-likeness (QED) is 0.549. The number of allylic oxidation sites excluding steroid dienone is 2. The number of nitriles is 1. The second-order valence-corrected chi connectivity index (χ2v) is 6.14. The van der Waals surface area contributed by atoms with Crippen LogP contribution in [0.2, 0.25) is 0 Å². The van der Waals surface area contributed by atoms with Crippen LogP contribution in [0, 0.1) is 11.3 Å². The van der Waals surface area contributed by atoms with Crippen molar-refractivity contribution in [3.8, 4) is 17.5 Å². The molecule has 3 heterocycles. The van der Waals surface area contributed by atoms with Crippen LogP contribution in [-0.2, 0) is 9.47 Å². The third-order valence-corrected chi connectivity index (χ3v) is 4.28. The van der Waals surface area contributed by atoms with Crippen molar-refractivity contribution < 1.29 is 14.3 Å². The molecule has 10 nitrogen and oxygen atoms in total.